The molecule has 0 bridgehead atoms. The van der Waals surface area contributed by atoms with Gasteiger partial charge in [-0.25, -0.2) is 13.3 Å². The van der Waals surface area contributed by atoms with E-state index in [-0.39, 0.29) is 18.8 Å². The summed E-state index contributed by atoms with van der Waals surface area (Å²) in [6.45, 7) is 0.459. The third kappa shape index (κ3) is 2.64. The summed E-state index contributed by atoms with van der Waals surface area (Å²) in [5.41, 5.74) is 1.33. The van der Waals surface area contributed by atoms with E-state index in [9.17, 15) is 8.78 Å². The van der Waals surface area contributed by atoms with Crippen molar-refractivity contribution in [2.24, 2.45) is 5.92 Å². The molecular weight excluding hydrogens is 261 g/mol. The van der Waals surface area contributed by atoms with Crippen LogP contribution in [0.2, 0.25) is 0 Å². The van der Waals surface area contributed by atoms with E-state index in [0.717, 1.165) is 5.52 Å². The van der Waals surface area contributed by atoms with Crippen LogP contribution >= 0.6 is 0 Å². The zero-order valence-corrected chi connectivity index (χ0v) is 11.1. The minimum atomic E-state index is -2.49. The van der Waals surface area contributed by atoms with E-state index in [1.54, 1.807) is 22.8 Å². The molecule has 6 heteroatoms. The molecule has 1 fully saturated rings. The smallest absolute Gasteiger partial charge is 0.248 e. The van der Waals surface area contributed by atoms with Crippen LogP contribution in [0, 0.1) is 5.92 Å². The highest BCUT2D eigenvalue weighted by Crippen LogP contribution is 2.36. The number of hydrogen-bond donors (Lipinski definition) is 0. The number of fused-ring (bicyclic) bond motifs is 1. The highest BCUT2D eigenvalue weighted by Gasteiger charge is 2.35. The highest BCUT2D eigenvalue weighted by atomic mass is 19.3. The number of pyridine rings is 1. The second kappa shape index (κ2) is 5.07. The van der Waals surface area contributed by atoms with Crippen LogP contribution in [0.4, 0.5) is 8.78 Å². The summed E-state index contributed by atoms with van der Waals surface area (Å²) in [7, 11) is 5.80. The Hall–Kier alpha value is -1.59. The van der Waals surface area contributed by atoms with E-state index in [1.165, 1.54) is 0 Å². The van der Waals surface area contributed by atoms with Crippen LogP contribution < -0.4 is 10.3 Å². The molecule has 0 amide bonds. The molecule has 0 unspecified atom stereocenters. The maximum atomic E-state index is 13.1. The van der Waals surface area contributed by atoms with Gasteiger partial charge in [-0.15, -0.1) is 0 Å². The summed E-state index contributed by atoms with van der Waals surface area (Å²) in [6.07, 6.45) is 2.60. The summed E-state index contributed by atoms with van der Waals surface area (Å²) < 4.78 is 33.6. The lowest BCUT2D eigenvalue weighted by Gasteiger charge is -2.28. The Morgan fingerprint density at radius 2 is 2.05 bits per heavy atom. The maximum absolute atomic E-state index is 13.1. The minimum absolute atomic E-state index is 0.0368. The fourth-order valence-electron chi connectivity index (χ4n) is 2.61. The van der Waals surface area contributed by atoms with Gasteiger partial charge >= 0.3 is 0 Å². The zero-order valence-electron chi connectivity index (χ0n) is 11.1. The first-order valence-electron chi connectivity index (χ1n) is 6.78. The van der Waals surface area contributed by atoms with Gasteiger partial charge in [0.2, 0.25) is 5.92 Å². The van der Waals surface area contributed by atoms with Gasteiger partial charge in [0.15, 0.2) is 0 Å². The van der Waals surface area contributed by atoms with Crippen LogP contribution in [0.5, 0.6) is 5.75 Å². The average Bonchev–Trinajstić information content (AvgIpc) is 2.90. The highest BCUT2D eigenvalue weighted by molar-refractivity contribution is 6.31. The largest absolute Gasteiger partial charge is 0.491 e. The fraction of sp³-hybridized carbons (Fsp3) is 0.500. The van der Waals surface area contributed by atoms with Gasteiger partial charge in [-0.05, 0) is 42.6 Å². The lowest BCUT2D eigenvalue weighted by Crippen LogP contribution is -2.27. The van der Waals surface area contributed by atoms with Crippen molar-refractivity contribution in [3.05, 3.63) is 24.4 Å². The van der Waals surface area contributed by atoms with Gasteiger partial charge in [0.25, 0.3) is 0 Å². The second-order valence-corrected chi connectivity index (χ2v) is 5.36. The molecule has 3 rings (SSSR count). The maximum Gasteiger partial charge on any atom is 0.248 e. The second-order valence-electron chi connectivity index (χ2n) is 5.36. The van der Waals surface area contributed by atoms with Crippen LogP contribution in [0.15, 0.2) is 24.4 Å². The van der Waals surface area contributed by atoms with Gasteiger partial charge in [0.05, 0.1) is 12.8 Å². The number of alkyl halides is 2. The molecule has 1 aliphatic carbocycles. The molecule has 0 saturated heterocycles. The van der Waals surface area contributed by atoms with E-state index < -0.39 is 5.92 Å². The topological polar surface area (TPSA) is 26.5 Å². The third-order valence-corrected chi connectivity index (χ3v) is 3.86. The number of hydrogen-bond acceptors (Lipinski definition) is 2. The van der Waals surface area contributed by atoms with Gasteiger partial charge in [-0.1, -0.05) is 0 Å². The molecule has 0 aromatic carbocycles. The van der Waals surface area contributed by atoms with Crippen LogP contribution in [0.3, 0.4) is 0 Å². The van der Waals surface area contributed by atoms with Crippen molar-refractivity contribution in [1.82, 2.24) is 9.61 Å². The van der Waals surface area contributed by atoms with Gasteiger partial charge in [0, 0.05) is 12.8 Å². The van der Waals surface area contributed by atoms with Crippen LogP contribution in [0.25, 0.3) is 5.52 Å². The van der Waals surface area contributed by atoms with Crippen molar-refractivity contribution in [3.8, 4) is 5.75 Å². The Kier molecular flexibility index (Phi) is 3.40. The fourth-order valence-corrected chi connectivity index (χ4v) is 2.61. The first kappa shape index (κ1) is 13.4. The molecule has 0 atom stereocenters. The predicted octanol–water partition coefficient (Wildman–Crippen LogP) is 2.33. The Balaban J connectivity index is 1.66. The summed E-state index contributed by atoms with van der Waals surface area (Å²) in [4.78, 5) is 0. The van der Waals surface area contributed by atoms with Crippen molar-refractivity contribution < 1.29 is 13.5 Å². The SMILES string of the molecule is [B]c1ccc(OCC2CCC(F)(F)CC2)c2ccnn12. The summed E-state index contributed by atoms with van der Waals surface area (Å²) >= 11 is 0. The van der Waals surface area contributed by atoms with Crippen LogP contribution in [-0.2, 0) is 0 Å². The van der Waals surface area contributed by atoms with Crippen LogP contribution in [-0.4, -0.2) is 30.0 Å². The monoisotopic (exact) mass is 276 g/mol. The first-order valence-corrected chi connectivity index (χ1v) is 6.78. The standard InChI is InChI=1S/C14H15BF2N2O/c15-13-2-1-12(11-5-8-18-19(11)13)20-9-10-3-6-14(16,17)7-4-10/h1-2,5,8,10H,3-4,6-7,9H2. The number of rotatable bonds is 3. The van der Waals surface area contributed by atoms with E-state index >= 15 is 0 Å². The Labute approximate surface area is 117 Å². The van der Waals surface area contributed by atoms with Gasteiger partial charge < -0.3 is 4.74 Å². The number of ether oxygens (including phenoxy) is 1. The Bertz CT molecular complexity index is 604. The van der Waals surface area contributed by atoms with Crippen molar-refractivity contribution in [2.75, 3.05) is 6.61 Å². The molecule has 1 aliphatic rings. The van der Waals surface area contributed by atoms with Gasteiger partial charge in [-0.3, -0.25) is 0 Å². The summed E-state index contributed by atoms with van der Waals surface area (Å²) in [5.74, 6) is -1.61. The molecule has 1 saturated carbocycles. The zero-order chi connectivity index (χ0) is 14.2. The first-order chi connectivity index (χ1) is 9.55. The molecule has 2 radical (unpaired) electrons. The molecule has 2 aromatic rings. The van der Waals surface area contributed by atoms with Crippen molar-refractivity contribution >= 4 is 19.0 Å². The molecule has 3 nitrogen and oxygen atoms in total. The molecule has 0 spiro atoms. The van der Waals surface area contributed by atoms with E-state index in [1.807, 2.05) is 6.07 Å². The molecule has 20 heavy (non-hydrogen) atoms. The molecular formula is C14H15BF2N2O. The Morgan fingerprint density at radius 1 is 1.30 bits per heavy atom. The summed E-state index contributed by atoms with van der Waals surface area (Å²) in [5, 5.41) is 4.11. The third-order valence-electron chi connectivity index (χ3n) is 3.86. The number of nitrogens with zero attached hydrogens (tertiary/aromatic N) is 2. The van der Waals surface area contributed by atoms with E-state index in [4.69, 9.17) is 12.6 Å². The van der Waals surface area contributed by atoms with Crippen molar-refractivity contribution in [1.29, 1.82) is 0 Å². The van der Waals surface area contributed by atoms with Gasteiger partial charge in [-0.2, -0.15) is 5.10 Å². The predicted molar refractivity (Wildman–Crippen MR) is 73.0 cm³/mol. The minimum Gasteiger partial charge on any atom is -0.491 e. The number of aromatic nitrogens is 2. The average molecular weight is 276 g/mol. The van der Waals surface area contributed by atoms with Crippen molar-refractivity contribution in [3.63, 3.8) is 0 Å². The molecule has 2 heterocycles. The van der Waals surface area contributed by atoms with Gasteiger partial charge in [0.1, 0.15) is 19.1 Å². The number of halogens is 2. The van der Waals surface area contributed by atoms with E-state index in [2.05, 4.69) is 5.10 Å². The molecule has 104 valence electrons. The molecule has 2 aromatic heterocycles. The lowest BCUT2D eigenvalue weighted by atomic mass is 9.87. The molecule has 0 aliphatic heterocycles. The quantitative estimate of drug-likeness (QED) is 0.804. The van der Waals surface area contributed by atoms with E-state index in [0.29, 0.717) is 30.8 Å². The summed E-state index contributed by atoms with van der Waals surface area (Å²) in [6, 6.07) is 5.34. The molecule has 0 N–H and O–H groups in total. The Morgan fingerprint density at radius 3 is 2.80 bits per heavy atom. The van der Waals surface area contributed by atoms with Crippen molar-refractivity contribution in [2.45, 2.75) is 31.6 Å². The lowest BCUT2D eigenvalue weighted by molar-refractivity contribution is -0.0498. The normalized spacial score (nSPS) is 19.3. The van der Waals surface area contributed by atoms with Crippen LogP contribution in [0.1, 0.15) is 25.7 Å².